The van der Waals surface area contributed by atoms with Gasteiger partial charge in [0.25, 0.3) is 0 Å². The van der Waals surface area contributed by atoms with Crippen LogP contribution >= 0.6 is 27.7 Å². The molecule has 6 heteroatoms. The minimum absolute atomic E-state index is 0.385. The van der Waals surface area contributed by atoms with Crippen molar-refractivity contribution in [1.29, 1.82) is 0 Å². The minimum atomic E-state index is 0.385. The first kappa shape index (κ1) is 12.6. The highest BCUT2D eigenvalue weighted by Crippen LogP contribution is 2.21. The van der Waals surface area contributed by atoms with Crippen molar-refractivity contribution in [2.75, 3.05) is 29.7 Å². The van der Waals surface area contributed by atoms with Gasteiger partial charge in [-0.2, -0.15) is 16.7 Å². The molecule has 0 saturated carbocycles. The molecule has 0 fully saturated rings. The Kier molecular flexibility index (Phi) is 5.17. The van der Waals surface area contributed by atoms with Gasteiger partial charge in [-0.15, -0.1) is 0 Å². The fraction of sp³-hybridized carbons (Fsp3) is 0.556. The Morgan fingerprint density at radius 3 is 2.93 bits per heavy atom. The standard InChI is InChI=1S/C9H15BrN4S/c1-6(5-15-3)13-8-7(10)4-12-9(11-2)14-8/h4,6H,5H2,1-3H3,(H2,11,12,13,14). The third-order valence-corrected chi connectivity index (χ3v) is 3.18. The predicted octanol–water partition coefficient (Wildman–Crippen LogP) is 2.44. The highest BCUT2D eigenvalue weighted by atomic mass is 79.9. The van der Waals surface area contributed by atoms with Crippen LogP contribution < -0.4 is 10.6 Å². The number of thioether (sulfide) groups is 1. The van der Waals surface area contributed by atoms with Crippen LogP contribution in [-0.4, -0.2) is 35.1 Å². The van der Waals surface area contributed by atoms with Crippen molar-refractivity contribution < 1.29 is 0 Å². The second-order valence-corrected chi connectivity index (χ2v) is 4.91. The van der Waals surface area contributed by atoms with E-state index in [1.165, 1.54) is 0 Å². The van der Waals surface area contributed by atoms with Crippen LogP contribution in [0.2, 0.25) is 0 Å². The zero-order chi connectivity index (χ0) is 11.3. The quantitative estimate of drug-likeness (QED) is 0.872. The molecule has 0 spiro atoms. The molecule has 0 aliphatic rings. The summed E-state index contributed by atoms with van der Waals surface area (Å²) in [6.45, 7) is 2.13. The molecule has 0 aromatic carbocycles. The van der Waals surface area contributed by atoms with E-state index in [9.17, 15) is 0 Å². The number of hydrogen-bond acceptors (Lipinski definition) is 5. The zero-order valence-electron chi connectivity index (χ0n) is 9.04. The van der Waals surface area contributed by atoms with Crippen LogP contribution in [0, 0.1) is 0 Å². The van der Waals surface area contributed by atoms with Gasteiger partial charge in [-0.1, -0.05) is 0 Å². The number of anilines is 2. The fourth-order valence-corrected chi connectivity index (χ4v) is 2.00. The maximum absolute atomic E-state index is 4.32. The fourth-order valence-electron chi connectivity index (χ4n) is 1.11. The molecule has 4 nitrogen and oxygen atoms in total. The first-order valence-corrected chi connectivity index (χ1v) is 6.81. The number of halogens is 1. The van der Waals surface area contributed by atoms with Crippen molar-refractivity contribution in [3.8, 4) is 0 Å². The Morgan fingerprint density at radius 2 is 2.33 bits per heavy atom. The third-order valence-electron chi connectivity index (χ3n) is 1.77. The lowest BCUT2D eigenvalue weighted by Gasteiger charge is -2.14. The van der Waals surface area contributed by atoms with E-state index in [4.69, 9.17) is 0 Å². The van der Waals surface area contributed by atoms with Gasteiger partial charge in [-0.3, -0.25) is 0 Å². The lowest BCUT2D eigenvalue weighted by molar-refractivity contribution is 0.898. The molecule has 0 aliphatic heterocycles. The van der Waals surface area contributed by atoms with Gasteiger partial charge in [-0.05, 0) is 29.1 Å². The molecule has 1 atom stereocenters. The van der Waals surface area contributed by atoms with Crippen LogP contribution in [-0.2, 0) is 0 Å². The summed E-state index contributed by atoms with van der Waals surface area (Å²) in [6.07, 6.45) is 3.83. The summed E-state index contributed by atoms with van der Waals surface area (Å²) in [5, 5.41) is 6.24. The Balaban J connectivity index is 2.74. The molecule has 0 bridgehead atoms. The van der Waals surface area contributed by atoms with Crippen LogP contribution in [0.5, 0.6) is 0 Å². The molecule has 1 aromatic rings. The summed E-state index contributed by atoms with van der Waals surface area (Å²) < 4.78 is 0.884. The van der Waals surface area contributed by atoms with Gasteiger partial charge < -0.3 is 10.6 Å². The van der Waals surface area contributed by atoms with Gasteiger partial charge in [0.05, 0.1) is 4.47 Å². The summed E-state index contributed by atoms with van der Waals surface area (Å²) in [4.78, 5) is 8.42. The van der Waals surface area contributed by atoms with Crippen molar-refractivity contribution in [3.05, 3.63) is 10.7 Å². The van der Waals surface area contributed by atoms with Crippen molar-refractivity contribution in [2.45, 2.75) is 13.0 Å². The molecule has 1 heterocycles. The predicted molar refractivity (Wildman–Crippen MR) is 70.7 cm³/mol. The van der Waals surface area contributed by atoms with Gasteiger partial charge in [0, 0.05) is 25.0 Å². The smallest absolute Gasteiger partial charge is 0.224 e. The van der Waals surface area contributed by atoms with Gasteiger partial charge >= 0.3 is 0 Å². The van der Waals surface area contributed by atoms with Gasteiger partial charge in [-0.25, -0.2) is 4.98 Å². The van der Waals surface area contributed by atoms with Crippen molar-refractivity contribution >= 4 is 39.5 Å². The van der Waals surface area contributed by atoms with Gasteiger partial charge in [0.15, 0.2) is 0 Å². The molecule has 0 amide bonds. The van der Waals surface area contributed by atoms with E-state index in [1.807, 2.05) is 11.8 Å². The minimum Gasteiger partial charge on any atom is -0.366 e. The van der Waals surface area contributed by atoms with E-state index >= 15 is 0 Å². The highest BCUT2D eigenvalue weighted by Gasteiger charge is 2.07. The lowest BCUT2D eigenvalue weighted by atomic mass is 10.4. The van der Waals surface area contributed by atoms with E-state index in [2.05, 4.69) is 49.7 Å². The molecule has 2 N–H and O–H groups in total. The first-order valence-electron chi connectivity index (χ1n) is 4.63. The normalized spacial score (nSPS) is 12.3. The topological polar surface area (TPSA) is 49.8 Å². The van der Waals surface area contributed by atoms with E-state index in [0.29, 0.717) is 12.0 Å². The van der Waals surface area contributed by atoms with Crippen LogP contribution in [0.25, 0.3) is 0 Å². The van der Waals surface area contributed by atoms with E-state index in [1.54, 1.807) is 13.2 Å². The molecule has 1 unspecified atom stereocenters. The molecular formula is C9H15BrN4S. The number of hydrogen-bond donors (Lipinski definition) is 2. The van der Waals surface area contributed by atoms with Gasteiger partial charge in [0.1, 0.15) is 5.82 Å². The Hall–Kier alpha value is -0.490. The summed E-state index contributed by atoms with van der Waals surface area (Å²) in [5.74, 6) is 2.50. The van der Waals surface area contributed by atoms with Crippen LogP contribution in [0.4, 0.5) is 11.8 Å². The Labute approximate surface area is 103 Å². The molecule has 84 valence electrons. The average Bonchev–Trinajstić information content (AvgIpc) is 2.21. The molecule has 1 aromatic heterocycles. The van der Waals surface area contributed by atoms with Crippen molar-refractivity contribution in [2.24, 2.45) is 0 Å². The summed E-state index contributed by atoms with van der Waals surface area (Å²) in [7, 11) is 1.80. The molecular weight excluding hydrogens is 276 g/mol. The summed E-state index contributed by atoms with van der Waals surface area (Å²) >= 11 is 5.23. The monoisotopic (exact) mass is 290 g/mol. The molecule has 0 aliphatic carbocycles. The highest BCUT2D eigenvalue weighted by molar-refractivity contribution is 9.10. The summed E-state index contributed by atoms with van der Waals surface area (Å²) in [6, 6.07) is 0.385. The number of nitrogens with one attached hydrogen (secondary N) is 2. The molecule has 0 saturated heterocycles. The van der Waals surface area contributed by atoms with Crippen molar-refractivity contribution in [1.82, 2.24) is 9.97 Å². The second kappa shape index (κ2) is 6.17. The molecule has 0 radical (unpaired) electrons. The van der Waals surface area contributed by atoms with E-state index in [-0.39, 0.29) is 0 Å². The van der Waals surface area contributed by atoms with Crippen LogP contribution in [0.1, 0.15) is 6.92 Å². The Bertz CT molecular complexity index is 321. The van der Waals surface area contributed by atoms with Crippen molar-refractivity contribution in [3.63, 3.8) is 0 Å². The lowest BCUT2D eigenvalue weighted by Crippen LogP contribution is -2.19. The number of nitrogens with zero attached hydrogens (tertiary/aromatic N) is 2. The van der Waals surface area contributed by atoms with Gasteiger partial charge in [0.2, 0.25) is 5.95 Å². The van der Waals surface area contributed by atoms with E-state index in [0.717, 1.165) is 16.0 Å². The number of aromatic nitrogens is 2. The second-order valence-electron chi connectivity index (χ2n) is 3.14. The average molecular weight is 291 g/mol. The maximum Gasteiger partial charge on any atom is 0.224 e. The van der Waals surface area contributed by atoms with Crippen LogP contribution in [0.3, 0.4) is 0 Å². The van der Waals surface area contributed by atoms with Crippen LogP contribution in [0.15, 0.2) is 10.7 Å². The number of rotatable bonds is 5. The third kappa shape index (κ3) is 3.87. The zero-order valence-corrected chi connectivity index (χ0v) is 11.4. The summed E-state index contributed by atoms with van der Waals surface area (Å²) in [5.41, 5.74) is 0. The Morgan fingerprint density at radius 1 is 1.60 bits per heavy atom. The maximum atomic E-state index is 4.32. The SMILES string of the molecule is CNc1ncc(Br)c(NC(C)CSC)n1. The largest absolute Gasteiger partial charge is 0.366 e. The van der Waals surface area contributed by atoms with E-state index < -0.39 is 0 Å². The molecule has 1 rings (SSSR count). The molecule has 15 heavy (non-hydrogen) atoms. The first-order chi connectivity index (χ1) is 7.17.